The molecule has 1 unspecified atom stereocenters. The van der Waals surface area contributed by atoms with Gasteiger partial charge < -0.3 is 24.2 Å². The van der Waals surface area contributed by atoms with E-state index in [0.29, 0.717) is 50.7 Å². The van der Waals surface area contributed by atoms with Crippen LogP contribution in [0.2, 0.25) is 0 Å². The SMILES string of the molecule is C=CC(=O)N1CCN(c2c(C#N)c(OC[C@@H]3C[C@@H](OC)CN3C)nc3c2CCN(c2cccc4cccc(C)c24)C3)CC1CC#N. The molecular formula is C36H41N7O3. The van der Waals surface area contributed by atoms with Crippen LogP contribution in [0.3, 0.4) is 0 Å². The van der Waals surface area contributed by atoms with Crippen molar-refractivity contribution in [1.82, 2.24) is 14.8 Å². The third-order valence-electron chi connectivity index (χ3n) is 9.82. The van der Waals surface area contributed by atoms with E-state index in [1.54, 1.807) is 12.0 Å². The number of nitriles is 2. The minimum atomic E-state index is -0.319. The second-order valence-electron chi connectivity index (χ2n) is 12.5. The average Bonchev–Trinajstić information content (AvgIpc) is 3.45. The summed E-state index contributed by atoms with van der Waals surface area (Å²) in [5.74, 6) is 0.153. The first-order chi connectivity index (χ1) is 22.4. The van der Waals surface area contributed by atoms with Gasteiger partial charge in [-0.3, -0.25) is 9.69 Å². The lowest BCUT2D eigenvalue weighted by Crippen LogP contribution is -2.55. The van der Waals surface area contributed by atoms with E-state index < -0.39 is 0 Å². The molecule has 3 atom stereocenters. The summed E-state index contributed by atoms with van der Waals surface area (Å²) in [5.41, 5.74) is 5.54. The van der Waals surface area contributed by atoms with Crippen LogP contribution in [0.25, 0.3) is 10.8 Å². The molecule has 1 amide bonds. The molecule has 0 N–H and O–H groups in total. The van der Waals surface area contributed by atoms with E-state index in [4.69, 9.17) is 14.5 Å². The van der Waals surface area contributed by atoms with Crippen LogP contribution in [0.4, 0.5) is 11.4 Å². The summed E-state index contributed by atoms with van der Waals surface area (Å²) in [6.45, 7) is 9.75. The molecule has 2 fully saturated rings. The van der Waals surface area contributed by atoms with Crippen LogP contribution in [0.15, 0.2) is 49.1 Å². The normalized spacial score (nSPS) is 21.5. The highest BCUT2D eigenvalue weighted by Crippen LogP contribution is 2.40. The predicted molar refractivity (Wildman–Crippen MR) is 178 cm³/mol. The molecule has 0 aliphatic carbocycles. The Balaban J connectivity index is 1.40. The van der Waals surface area contributed by atoms with Gasteiger partial charge in [0.15, 0.2) is 0 Å². The molecule has 0 saturated carbocycles. The molecular weight excluding hydrogens is 578 g/mol. The fourth-order valence-electron chi connectivity index (χ4n) is 7.38. The van der Waals surface area contributed by atoms with Crippen molar-refractivity contribution in [3.05, 3.63) is 71.4 Å². The molecule has 3 aromatic rings. The fraction of sp³-hybridized carbons (Fsp3) is 0.444. The number of benzene rings is 2. The van der Waals surface area contributed by atoms with Crippen molar-refractivity contribution < 1.29 is 14.3 Å². The smallest absolute Gasteiger partial charge is 0.246 e. The van der Waals surface area contributed by atoms with Crippen molar-refractivity contribution in [2.75, 3.05) is 63.3 Å². The molecule has 2 aromatic carbocycles. The molecule has 0 bridgehead atoms. The summed E-state index contributed by atoms with van der Waals surface area (Å²) in [5, 5.41) is 22.7. The van der Waals surface area contributed by atoms with Crippen LogP contribution in [-0.4, -0.2) is 92.4 Å². The van der Waals surface area contributed by atoms with Gasteiger partial charge in [0.2, 0.25) is 11.8 Å². The standard InChI is InChI=1S/C36H41N7O3/c1-5-33(44)43-17-16-42(20-26(43)12-14-37)35-29-13-15-41(32-11-7-10-25-9-6-8-24(2)34(25)32)22-31(29)39-36(30(35)19-38)46-23-27-18-28(45-4)21-40(27)3/h5-11,26-28H,1,12-13,15-18,20-23H2,2-4H3/t26?,27-,28+/m0/s1. The Morgan fingerprint density at radius 2 is 1.91 bits per heavy atom. The van der Waals surface area contributed by atoms with Crippen molar-refractivity contribution in [2.24, 2.45) is 0 Å². The lowest BCUT2D eigenvalue weighted by Gasteiger charge is -2.43. The quantitative estimate of drug-likeness (QED) is 0.343. The molecule has 238 valence electrons. The summed E-state index contributed by atoms with van der Waals surface area (Å²) in [7, 11) is 3.80. The number of anilines is 2. The van der Waals surface area contributed by atoms with E-state index in [0.717, 1.165) is 36.5 Å². The third-order valence-corrected chi connectivity index (χ3v) is 9.82. The Morgan fingerprint density at radius 3 is 2.63 bits per heavy atom. The van der Waals surface area contributed by atoms with E-state index >= 15 is 0 Å². The van der Waals surface area contributed by atoms with E-state index in [1.807, 2.05) is 0 Å². The van der Waals surface area contributed by atoms with Gasteiger partial charge in [0.1, 0.15) is 18.2 Å². The number of aryl methyl sites for hydroxylation is 1. The maximum absolute atomic E-state index is 12.7. The van der Waals surface area contributed by atoms with Gasteiger partial charge in [0.05, 0.1) is 42.6 Å². The van der Waals surface area contributed by atoms with E-state index in [1.165, 1.54) is 28.1 Å². The number of ether oxygens (including phenoxy) is 2. The van der Waals surface area contributed by atoms with Crippen LogP contribution < -0.4 is 14.5 Å². The van der Waals surface area contributed by atoms with Gasteiger partial charge in [-0.2, -0.15) is 10.5 Å². The number of amides is 1. The highest BCUT2D eigenvalue weighted by atomic mass is 16.5. The Morgan fingerprint density at radius 1 is 1.11 bits per heavy atom. The molecule has 6 rings (SSSR count). The van der Waals surface area contributed by atoms with Crippen molar-refractivity contribution >= 4 is 28.1 Å². The number of carbonyl (C=O) groups is 1. The molecule has 4 heterocycles. The van der Waals surface area contributed by atoms with Crippen LogP contribution in [0, 0.1) is 29.6 Å². The maximum Gasteiger partial charge on any atom is 0.246 e. The monoisotopic (exact) mass is 619 g/mol. The zero-order valence-electron chi connectivity index (χ0n) is 26.9. The molecule has 3 aliphatic rings. The van der Waals surface area contributed by atoms with Crippen molar-refractivity contribution in [3.63, 3.8) is 0 Å². The van der Waals surface area contributed by atoms with Crippen LogP contribution in [0.5, 0.6) is 5.88 Å². The second-order valence-corrected chi connectivity index (χ2v) is 12.5. The average molecular weight is 620 g/mol. The number of hydrogen-bond acceptors (Lipinski definition) is 9. The molecule has 0 radical (unpaired) electrons. The molecule has 2 saturated heterocycles. The molecule has 3 aliphatic heterocycles. The minimum Gasteiger partial charge on any atom is -0.475 e. The van der Waals surface area contributed by atoms with Crippen LogP contribution in [-0.2, 0) is 22.5 Å². The summed E-state index contributed by atoms with van der Waals surface area (Å²) >= 11 is 0. The van der Waals surface area contributed by atoms with Gasteiger partial charge in [-0.25, -0.2) is 4.98 Å². The first-order valence-corrected chi connectivity index (χ1v) is 16.0. The van der Waals surface area contributed by atoms with Crippen molar-refractivity contribution in [1.29, 1.82) is 10.5 Å². The Kier molecular flexibility index (Phi) is 9.12. The minimum absolute atomic E-state index is 0.140. The summed E-state index contributed by atoms with van der Waals surface area (Å²) < 4.78 is 12.1. The maximum atomic E-state index is 12.7. The molecule has 1 aromatic heterocycles. The van der Waals surface area contributed by atoms with Crippen molar-refractivity contribution in [3.8, 4) is 18.0 Å². The molecule has 0 spiro atoms. The highest BCUT2D eigenvalue weighted by Gasteiger charge is 2.36. The third kappa shape index (κ3) is 5.87. The van der Waals surface area contributed by atoms with E-state index in [2.05, 4.69) is 83.8 Å². The lowest BCUT2D eigenvalue weighted by molar-refractivity contribution is -0.128. The largest absolute Gasteiger partial charge is 0.475 e. The number of aromatic nitrogens is 1. The zero-order valence-corrected chi connectivity index (χ0v) is 26.9. The summed E-state index contributed by atoms with van der Waals surface area (Å²) in [6.07, 6.45) is 3.18. The number of fused-ring (bicyclic) bond motifs is 2. The Labute approximate surface area is 271 Å². The van der Waals surface area contributed by atoms with E-state index in [9.17, 15) is 15.3 Å². The number of methoxy groups -OCH3 is 1. The van der Waals surface area contributed by atoms with Gasteiger partial charge in [-0.05, 0) is 49.9 Å². The van der Waals surface area contributed by atoms with Gasteiger partial charge in [-0.1, -0.05) is 36.9 Å². The van der Waals surface area contributed by atoms with Gasteiger partial charge >= 0.3 is 0 Å². The summed E-state index contributed by atoms with van der Waals surface area (Å²) in [4.78, 5) is 26.2. The van der Waals surface area contributed by atoms with Crippen LogP contribution >= 0.6 is 0 Å². The van der Waals surface area contributed by atoms with Gasteiger partial charge in [0.25, 0.3) is 0 Å². The fourth-order valence-corrected chi connectivity index (χ4v) is 7.38. The highest BCUT2D eigenvalue weighted by molar-refractivity contribution is 5.97. The van der Waals surface area contributed by atoms with Gasteiger partial charge in [-0.15, -0.1) is 0 Å². The Bertz CT molecular complexity index is 1720. The van der Waals surface area contributed by atoms with Crippen LogP contribution in [0.1, 0.15) is 35.2 Å². The number of hydrogen-bond donors (Lipinski definition) is 0. The number of rotatable bonds is 8. The number of likely N-dealkylation sites (N-methyl/N-ethyl adjacent to an activating group) is 1. The predicted octanol–water partition coefficient (Wildman–Crippen LogP) is 4.19. The number of likely N-dealkylation sites (tertiary alicyclic amines) is 1. The first-order valence-electron chi connectivity index (χ1n) is 16.0. The zero-order chi connectivity index (χ0) is 32.4. The molecule has 46 heavy (non-hydrogen) atoms. The lowest BCUT2D eigenvalue weighted by atomic mass is 9.95. The van der Waals surface area contributed by atoms with Gasteiger partial charge in [0, 0.05) is 62.5 Å². The second kappa shape index (κ2) is 13.4. The van der Waals surface area contributed by atoms with E-state index in [-0.39, 0.29) is 30.5 Å². The number of carbonyl (C=O) groups excluding carboxylic acids is 1. The Hall–Kier alpha value is -4.64. The number of nitrogens with zero attached hydrogens (tertiary/aromatic N) is 7. The summed E-state index contributed by atoms with van der Waals surface area (Å²) in [6, 6.07) is 17.3. The number of pyridine rings is 1. The molecule has 10 heteroatoms. The van der Waals surface area contributed by atoms with Crippen molar-refractivity contribution in [2.45, 2.75) is 50.9 Å². The topological polar surface area (TPSA) is 109 Å². The number of piperazine rings is 1. The molecule has 10 nitrogen and oxygen atoms in total. The first kappa shape index (κ1) is 31.3.